The number of carboxylic acid groups (broad SMARTS) is 1. The van der Waals surface area contributed by atoms with Crippen LogP contribution >= 0.6 is 0 Å². The molecule has 0 fully saturated rings. The third-order valence-corrected chi connectivity index (χ3v) is 5.93. The third kappa shape index (κ3) is 15.4. The monoisotopic (exact) mass is 493 g/mol. The maximum atomic E-state index is 12.1. The zero-order chi connectivity index (χ0) is 25.7. The van der Waals surface area contributed by atoms with Crippen molar-refractivity contribution < 1.29 is 28.9 Å². The first kappa shape index (κ1) is 30.8. The molecule has 2 N–H and O–H groups in total. The van der Waals surface area contributed by atoms with Gasteiger partial charge in [-0.3, -0.25) is 9.59 Å². The number of unbranched alkanes of at least 4 members (excludes halogenated alkanes) is 5. The van der Waals surface area contributed by atoms with Crippen LogP contribution in [0.4, 0.5) is 0 Å². The molecule has 0 saturated carbocycles. The number of ether oxygens (including phenoxy) is 3. The molecule has 0 bridgehead atoms. The molecule has 0 aliphatic carbocycles. The number of amides is 1. The van der Waals surface area contributed by atoms with E-state index in [1.165, 1.54) is 5.56 Å². The van der Waals surface area contributed by atoms with Gasteiger partial charge in [-0.05, 0) is 56.2 Å². The van der Waals surface area contributed by atoms with E-state index in [2.05, 4.69) is 24.4 Å². The van der Waals surface area contributed by atoms with E-state index in [1.807, 2.05) is 13.0 Å². The van der Waals surface area contributed by atoms with E-state index in [0.29, 0.717) is 38.4 Å². The van der Waals surface area contributed by atoms with Crippen LogP contribution in [0.2, 0.25) is 0 Å². The van der Waals surface area contributed by atoms with E-state index in [1.54, 1.807) is 7.11 Å². The molecular formula is C28H47NO6. The van der Waals surface area contributed by atoms with Gasteiger partial charge < -0.3 is 24.6 Å². The number of aryl methyl sites for hydroxylation is 1. The first-order chi connectivity index (χ1) is 17.0. The van der Waals surface area contributed by atoms with Gasteiger partial charge in [0.1, 0.15) is 0 Å². The van der Waals surface area contributed by atoms with Crippen molar-refractivity contribution in [1.82, 2.24) is 5.32 Å². The average Bonchev–Trinajstić information content (AvgIpc) is 2.84. The number of carbonyl (C=O) groups excluding carboxylic acids is 1. The van der Waals surface area contributed by atoms with Crippen LogP contribution in [0.15, 0.2) is 18.2 Å². The van der Waals surface area contributed by atoms with Gasteiger partial charge in [0, 0.05) is 39.0 Å². The molecule has 0 radical (unpaired) electrons. The van der Waals surface area contributed by atoms with E-state index >= 15 is 0 Å². The van der Waals surface area contributed by atoms with Gasteiger partial charge in [-0.25, -0.2) is 0 Å². The fourth-order valence-corrected chi connectivity index (χ4v) is 3.71. The highest BCUT2D eigenvalue weighted by atomic mass is 16.5. The largest absolute Gasteiger partial charge is 0.490 e. The second kappa shape index (κ2) is 20.0. The minimum Gasteiger partial charge on any atom is -0.490 e. The Labute approximate surface area is 211 Å². The lowest BCUT2D eigenvalue weighted by Crippen LogP contribution is -2.29. The first-order valence-electron chi connectivity index (χ1n) is 13.3. The van der Waals surface area contributed by atoms with Gasteiger partial charge >= 0.3 is 5.97 Å². The molecule has 1 atom stereocenters. The standard InChI is InChI=1S/C28H47NO6/c1-4-5-18-29-28(32)23(2)13-8-6-7-9-14-24-16-17-25(34-20-11-10-15-27(30)31)26(22-24)35-21-12-19-33-3/h16-17,22-23H,4-15,18-21H2,1-3H3,(H,29,32)(H,30,31)/t23-/m1/s1. The lowest BCUT2D eigenvalue weighted by atomic mass is 10.00. The summed E-state index contributed by atoms with van der Waals surface area (Å²) < 4.78 is 16.9. The molecule has 1 amide bonds. The number of hydrogen-bond donors (Lipinski definition) is 2. The van der Waals surface area contributed by atoms with Crippen molar-refractivity contribution in [3.8, 4) is 11.5 Å². The topological polar surface area (TPSA) is 94.1 Å². The summed E-state index contributed by atoms with van der Waals surface area (Å²) in [5.41, 5.74) is 1.22. The summed E-state index contributed by atoms with van der Waals surface area (Å²) in [4.78, 5) is 22.7. The van der Waals surface area contributed by atoms with Crippen LogP contribution in [-0.2, 0) is 20.7 Å². The van der Waals surface area contributed by atoms with Crippen molar-refractivity contribution >= 4 is 11.9 Å². The van der Waals surface area contributed by atoms with Gasteiger partial charge in [0.15, 0.2) is 11.5 Å². The van der Waals surface area contributed by atoms with Crippen LogP contribution in [0, 0.1) is 5.92 Å². The van der Waals surface area contributed by atoms with Crippen molar-refractivity contribution in [3.63, 3.8) is 0 Å². The summed E-state index contributed by atoms with van der Waals surface area (Å²) >= 11 is 0. The summed E-state index contributed by atoms with van der Waals surface area (Å²) in [7, 11) is 1.68. The van der Waals surface area contributed by atoms with Crippen LogP contribution < -0.4 is 14.8 Å². The molecule has 0 aromatic heterocycles. The molecule has 200 valence electrons. The molecule has 0 unspecified atom stereocenters. The lowest BCUT2D eigenvalue weighted by Gasteiger charge is -2.14. The number of rotatable bonds is 22. The number of carboxylic acids is 1. The molecule has 0 spiro atoms. The number of hydrogen-bond acceptors (Lipinski definition) is 5. The van der Waals surface area contributed by atoms with Crippen molar-refractivity contribution in [1.29, 1.82) is 0 Å². The Morgan fingerprint density at radius 2 is 1.66 bits per heavy atom. The second-order valence-electron chi connectivity index (χ2n) is 9.17. The number of nitrogens with one attached hydrogen (secondary N) is 1. The molecule has 35 heavy (non-hydrogen) atoms. The molecule has 7 nitrogen and oxygen atoms in total. The minimum absolute atomic E-state index is 0.0846. The highest BCUT2D eigenvalue weighted by Gasteiger charge is 2.12. The molecular weight excluding hydrogens is 446 g/mol. The molecule has 0 saturated heterocycles. The Morgan fingerprint density at radius 3 is 2.40 bits per heavy atom. The normalized spacial score (nSPS) is 11.7. The van der Waals surface area contributed by atoms with Crippen molar-refractivity contribution in [2.75, 3.05) is 33.5 Å². The van der Waals surface area contributed by atoms with E-state index in [0.717, 1.165) is 70.1 Å². The maximum Gasteiger partial charge on any atom is 0.303 e. The first-order valence-corrected chi connectivity index (χ1v) is 13.3. The van der Waals surface area contributed by atoms with Crippen LogP contribution in [0.25, 0.3) is 0 Å². The van der Waals surface area contributed by atoms with E-state index in [9.17, 15) is 9.59 Å². The molecule has 0 aliphatic heterocycles. The number of carbonyl (C=O) groups is 2. The molecule has 1 aromatic rings. The Kier molecular flexibility index (Phi) is 17.5. The van der Waals surface area contributed by atoms with Gasteiger partial charge in [0.05, 0.1) is 13.2 Å². The van der Waals surface area contributed by atoms with Gasteiger partial charge in [-0.2, -0.15) is 0 Å². The van der Waals surface area contributed by atoms with Gasteiger partial charge in [-0.15, -0.1) is 0 Å². The lowest BCUT2D eigenvalue weighted by molar-refractivity contribution is -0.137. The summed E-state index contributed by atoms with van der Waals surface area (Å²) in [6.45, 7) is 6.59. The highest BCUT2D eigenvalue weighted by Crippen LogP contribution is 2.30. The molecule has 0 aliphatic rings. The number of benzene rings is 1. The van der Waals surface area contributed by atoms with Crippen molar-refractivity contribution in [2.24, 2.45) is 5.92 Å². The van der Waals surface area contributed by atoms with Crippen LogP contribution in [0.5, 0.6) is 11.5 Å². The summed E-state index contributed by atoms with van der Waals surface area (Å²) in [6, 6.07) is 6.09. The summed E-state index contributed by atoms with van der Waals surface area (Å²) in [5.74, 6) is 0.924. The molecule has 1 aromatic carbocycles. The maximum absolute atomic E-state index is 12.1. The van der Waals surface area contributed by atoms with Crippen LogP contribution in [0.3, 0.4) is 0 Å². The Balaban J connectivity index is 2.41. The summed E-state index contributed by atoms with van der Waals surface area (Å²) in [5, 5.41) is 11.8. The van der Waals surface area contributed by atoms with E-state index < -0.39 is 5.97 Å². The Bertz CT molecular complexity index is 709. The fourth-order valence-electron chi connectivity index (χ4n) is 3.71. The average molecular weight is 494 g/mol. The van der Waals surface area contributed by atoms with Crippen LogP contribution in [-0.4, -0.2) is 50.5 Å². The fraction of sp³-hybridized carbons (Fsp3) is 0.714. The predicted octanol–water partition coefficient (Wildman–Crippen LogP) is 5.78. The zero-order valence-corrected chi connectivity index (χ0v) is 22.1. The molecule has 0 heterocycles. The SMILES string of the molecule is CCCCNC(=O)[C@H](C)CCCCCCc1ccc(OCCCCC(=O)O)c(OCCCOC)c1. The van der Waals surface area contributed by atoms with Gasteiger partial charge in [0.2, 0.25) is 5.91 Å². The van der Waals surface area contributed by atoms with Gasteiger partial charge in [-0.1, -0.05) is 45.6 Å². The molecule has 7 heteroatoms. The Morgan fingerprint density at radius 1 is 0.914 bits per heavy atom. The van der Waals surface area contributed by atoms with Crippen molar-refractivity contribution in [2.45, 2.75) is 90.9 Å². The van der Waals surface area contributed by atoms with Gasteiger partial charge in [0.25, 0.3) is 0 Å². The van der Waals surface area contributed by atoms with E-state index in [4.69, 9.17) is 19.3 Å². The number of methoxy groups -OCH3 is 1. The number of aliphatic carboxylic acids is 1. The smallest absolute Gasteiger partial charge is 0.303 e. The Hall–Kier alpha value is -2.28. The highest BCUT2D eigenvalue weighted by molar-refractivity contribution is 5.78. The third-order valence-electron chi connectivity index (χ3n) is 5.93. The molecule has 1 rings (SSSR count). The zero-order valence-electron chi connectivity index (χ0n) is 22.1. The van der Waals surface area contributed by atoms with Crippen molar-refractivity contribution in [3.05, 3.63) is 23.8 Å². The predicted molar refractivity (Wildman–Crippen MR) is 139 cm³/mol. The van der Waals surface area contributed by atoms with Crippen LogP contribution in [0.1, 0.15) is 90.0 Å². The van der Waals surface area contributed by atoms with E-state index in [-0.39, 0.29) is 18.2 Å². The quantitative estimate of drug-likeness (QED) is 0.199. The minimum atomic E-state index is -0.779. The second-order valence-corrected chi connectivity index (χ2v) is 9.17. The summed E-state index contributed by atoms with van der Waals surface area (Å²) in [6.07, 6.45) is 10.7.